The third-order valence-electron chi connectivity index (χ3n) is 3.94. The lowest BCUT2D eigenvalue weighted by Crippen LogP contribution is -2.04. The van der Waals surface area contributed by atoms with Gasteiger partial charge in [0.1, 0.15) is 11.6 Å². The van der Waals surface area contributed by atoms with Crippen LogP contribution in [0.15, 0.2) is 29.0 Å². The van der Waals surface area contributed by atoms with Crippen molar-refractivity contribution < 1.29 is 18.7 Å². The lowest BCUT2D eigenvalue weighted by molar-refractivity contribution is 0.174. The SMILES string of the molecule is COc1cc2c(cc1-c1nccn1Cc1noc(C(C)C)n1)OCO2. The minimum Gasteiger partial charge on any atom is -0.496 e. The fourth-order valence-electron chi connectivity index (χ4n) is 2.67. The van der Waals surface area contributed by atoms with Gasteiger partial charge < -0.3 is 23.3 Å². The highest BCUT2D eigenvalue weighted by molar-refractivity contribution is 5.70. The maximum Gasteiger partial charge on any atom is 0.231 e. The molecule has 1 aromatic carbocycles. The first-order valence-corrected chi connectivity index (χ1v) is 7.97. The van der Waals surface area contributed by atoms with E-state index in [1.165, 1.54) is 0 Å². The van der Waals surface area contributed by atoms with Crippen molar-refractivity contribution in [2.75, 3.05) is 13.9 Å². The van der Waals surface area contributed by atoms with Gasteiger partial charge in [-0.3, -0.25) is 0 Å². The number of hydrogen-bond acceptors (Lipinski definition) is 7. The highest BCUT2D eigenvalue weighted by Crippen LogP contribution is 2.42. The van der Waals surface area contributed by atoms with Crippen LogP contribution in [0.25, 0.3) is 11.4 Å². The van der Waals surface area contributed by atoms with Crippen LogP contribution < -0.4 is 14.2 Å². The molecule has 8 heteroatoms. The minimum atomic E-state index is 0.192. The number of benzene rings is 1. The predicted octanol–water partition coefficient (Wildman–Crippen LogP) is 2.84. The molecule has 3 heterocycles. The van der Waals surface area contributed by atoms with Crippen LogP contribution in [0.2, 0.25) is 0 Å². The fourth-order valence-corrected chi connectivity index (χ4v) is 2.67. The molecule has 0 saturated carbocycles. The molecule has 25 heavy (non-hydrogen) atoms. The van der Waals surface area contributed by atoms with Gasteiger partial charge in [-0.05, 0) is 6.07 Å². The molecule has 2 aromatic heterocycles. The van der Waals surface area contributed by atoms with Gasteiger partial charge in [0.2, 0.25) is 12.7 Å². The molecule has 130 valence electrons. The van der Waals surface area contributed by atoms with Gasteiger partial charge in [-0.15, -0.1) is 0 Å². The summed E-state index contributed by atoms with van der Waals surface area (Å²) < 4.78 is 23.6. The van der Waals surface area contributed by atoms with E-state index in [4.69, 9.17) is 18.7 Å². The van der Waals surface area contributed by atoms with Crippen LogP contribution in [0.3, 0.4) is 0 Å². The molecular weight excluding hydrogens is 324 g/mol. The summed E-state index contributed by atoms with van der Waals surface area (Å²) in [7, 11) is 1.61. The van der Waals surface area contributed by atoms with Crippen molar-refractivity contribution in [1.82, 2.24) is 19.7 Å². The Morgan fingerprint density at radius 2 is 2.04 bits per heavy atom. The predicted molar refractivity (Wildman–Crippen MR) is 87.8 cm³/mol. The summed E-state index contributed by atoms with van der Waals surface area (Å²) in [5.74, 6) is 4.14. The number of fused-ring (bicyclic) bond motifs is 1. The Morgan fingerprint density at radius 3 is 2.76 bits per heavy atom. The van der Waals surface area contributed by atoms with Gasteiger partial charge in [-0.2, -0.15) is 4.98 Å². The molecule has 0 amide bonds. The van der Waals surface area contributed by atoms with Crippen LogP contribution in [0.1, 0.15) is 31.5 Å². The zero-order valence-corrected chi connectivity index (χ0v) is 14.2. The van der Waals surface area contributed by atoms with Gasteiger partial charge in [0.25, 0.3) is 0 Å². The Labute approximate surface area is 144 Å². The first-order valence-electron chi connectivity index (χ1n) is 7.97. The van der Waals surface area contributed by atoms with E-state index in [1.54, 1.807) is 13.3 Å². The lowest BCUT2D eigenvalue weighted by atomic mass is 10.1. The van der Waals surface area contributed by atoms with Gasteiger partial charge in [0, 0.05) is 24.4 Å². The number of nitrogens with zero attached hydrogens (tertiary/aromatic N) is 4. The number of ether oxygens (including phenoxy) is 3. The van der Waals surface area contributed by atoms with Crippen LogP contribution in [0.5, 0.6) is 17.2 Å². The van der Waals surface area contributed by atoms with E-state index in [0.29, 0.717) is 35.5 Å². The smallest absolute Gasteiger partial charge is 0.231 e. The Bertz CT molecular complexity index is 900. The molecule has 4 rings (SSSR count). The molecule has 0 radical (unpaired) electrons. The molecule has 0 fully saturated rings. The molecule has 1 aliphatic rings. The van der Waals surface area contributed by atoms with Gasteiger partial charge in [-0.25, -0.2) is 4.98 Å². The number of hydrogen-bond donors (Lipinski definition) is 0. The average Bonchev–Trinajstić information content (AvgIpc) is 3.34. The first kappa shape index (κ1) is 15.5. The minimum absolute atomic E-state index is 0.192. The van der Waals surface area contributed by atoms with Crippen molar-refractivity contribution in [2.45, 2.75) is 26.3 Å². The summed E-state index contributed by atoms with van der Waals surface area (Å²) >= 11 is 0. The standard InChI is InChI=1S/C17H18N4O4/c1-10(2)17-19-15(20-25-17)8-21-5-4-18-16(21)11-6-13-14(24-9-23-13)7-12(11)22-3/h4-7,10H,8-9H2,1-3H3. The van der Waals surface area contributed by atoms with Crippen molar-refractivity contribution in [3.63, 3.8) is 0 Å². The third-order valence-corrected chi connectivity index (χ3v) is 3.94. The van der Waals surface area contributed by atoms with Crippen LogP contribution in [0, 0.1) is 0 Å². The molecule has 1 aliphatic heterocycles. The van der Waals surface area contributed by atoms with E-state index in [9.17, 15) is 0 Å². The topological polar surface area (TPSA) is 84.4 Å². The number of rotatable bonds is 5. The maximum atomic E-state index is 5.50. The molecule has 0 saturated heterocycles. The Morgan fingerprint density at radius 1 is 1.24 bits per heavy atom. The van der Waals surface area contributed by atoms with Crippen LogP contribution in [-0.2, 0) is 6.54 Å². The second-order valence-corrected chi connectivity index (χ2v) is 5.99. The number of methoxy groups -OCH3 is 1. The average molecular weight is 342 g/mol. The van der Waals surface area contributed by atoms with Gasteiger partial charge in [0.05, 0.1) is 19.2 Å². The normalized spacial score (nSPS) is 12.8. The molecule has 0 aliphatic carbocycles. The van der Waals surface area contributed by atoms with Crippen molar-refractivity contribution in [3.05, 3.63) is 36.2 Å². The summed E-state index contributed by atoms with van der Waals surface area (Å²) in [5, 5.41) is 4.04. The second kappa shape index (κ2) is 6.12. The van der Waals surface area contributed by atoms with E-state index < -0.39 is 0 Å². The number of aromatic nitrogens is 4. The molecule has 8 nitrogen and oxygen atoms in total. The van der Waals surface area contributed by atoms with Crippen molar-refractivity contribution in [3.8, 4) is 28.6 Å². The van der Waals surface area contributed by atoms with Crippen molar-refractivity contribution >= 4 is 0 Å². The Balaban J connectivity index is 1.69. The summed E-state index contributed by atoms with van der Waals surface area (Å²) in [4.78, 5) is 8.88. The zero-order valence-electron chi connectivity index (χ0n) is 14.2. The summed E-state index contributed by atoms with van der Waals surface area (Å²) in [6, 6.07) is 3.68. The van der Waals surface area contributed by atoms with Gasteiger partial charge in [-0.1, -0.05) is 19.0 Å². The van der Waals surface area contributed by atoms with Gasteiger partial charge >= 0.3 is 0 Å². The highest BCUT2D eigenvalue weighted by Gasteiger charge is 2.21. The largest absolute Gasteiger partial charge is 0.496 e. The quantitative estimate of drug-likeness (QED) is 0.705. The molecule has 0 spiro atoms. The Kier molecular flexibility index (Phi) is 3.79. The van der Waals surface area contributed by atoms with E-state index in [2.05, 4.69) is 15.1 Å². The maximum absolute atomic E-state index is 5.50. The molecule has 0 bridgehead atoms. The van der Waals surface area contributed by atoms with Crippen LogP contribution in [0.4, 0.5) is 0 Å². The van der Waals surface area contributed by atoms with E-state index in [-0.39, 0.29) is 12.7 Å². The summed E-state index contributed by atoms with van der Waals surface area (Å²) in [5.41, 5.74) is 0.810. The fraction of sp³-hybridized carbons (Fsp3) is 0.353. The monoisotopic (exact) mass is 342 g/mol. The van der Waals surface area contributed by atoms with Gasteiger partial charge in [0.15, 0.2) is 17.3 Å². The molecule has 3 aromatic rings. The highest BCUT2D eigenvalue weighted by atomic mass is 16.7. The van der Waals surface area contributed by atoms with E-state index >= 15 is 0 Å². The molecule has 0 N–H and O–H groups in total. The molecule has 0 atom stereocenters. The van der Waals surface area contributed by atoms with Crippen molar-refractivity contribution in [2.24, 2.45) is 0 Å². The number of imidazole rings is 1. The molecule has 0 unspecified atom stereocenters. The van der Waals surface area contributed by atoms with E-state index in [1.807, 2.05) is 36.7 Å². The van der Waals surface area contributed by atoms with Crippen molar-refractivity contribution in [1.29, 1.82) is 0 Å². The lowest BCUT2D eigenvalue weighted by Gasteiger charge is -2.11. The Hall–Kier alpha value is -3.03. The zero-order chi connectivity index (χ0) is 17.4. The summed E-state index contributed by atoms with van der Waals surface area (Å²) in [6.45, 7) is 4.68. The van der Waals surface area contributed by atoms with Crippen LogP contribution in [-0.4, -0.2) is 33.6 Å². The second-order valence-electron chi connectivity index (χ2n) is 5.99. The third kappa shape index (κ3) is 2.79. The first-order chi connectivity index (χ1) is 12.2. The summed E-state index contributed by atoms with van der Waals surface area (Å²) in [6.07, 6.45) is 3.59. The van der Waals surface area contributed by atoms with E-state index in [0.717, 1.165) is 11.4 Å². The molecular formula is C17H18N4O4. The van der Waals surface area contributed by atoms with Crippen LogP contribution >= 0.6 is 0 Å².